The zero-order valence-electron chi connectivity index (χ0n) is 6.46. The molecule has 0 bridgehead atoms. The first-order valence-electron chi connectivity index (χ1n) is 3.74. The summed E-state index contributed by atoms with van der Waals surface area (Å²) in [5, 5.41) is 8.29. The van der Waals surface area contributed by atoms with Crippen LogP contribution in [0, 0.1) is 5.92 Å². The molecule has 0 amide bonds. The van der Waals surface area contributed by atoms with Crippen LogP contribution >= 0.6 is 23.2 Å². The lowest BCUT2D eigenvalue weighted by Crippen LogP contribution is -2.57. The van der Waals surface area contributed by atoms with E-state index in [1.54, 1.807) is 0 Å². The first-order chi connectivity index (χ1) is 5.04. The van der Waals surface area contributed by atoms with Gasteiger partial charge >= 0.3 is 0 Å². The van der Waals surface area contributed by atoms with Gasteiger partial charge in [-0.2, -0.15) is 10.2 Å². The number of hydrogen-bond acceptors (Lipinski definition) is 2. The SMILES string of the molecule is CC1(C)N=NC2C(Cl)C(Cl)C21. The molecule has 2 rings (SSSR count). The Morgan fingerprint density at radius 1 is 1.18 bits per heavy atom. The molecule has 11 heavy (non-hydrogen) atoms. The van der Waals surface area contributed by atoms with Crippen LogP contribution in [-0.4, -0.2) is 22.3 Å². The van der Waals surface area contributed by atoms with Crippen molar-refractivity contribution in [2.45, 2.75) is 36.2 Å². The summed E-state index contributed by atoms with van der Waals surface area (Å²) in [7, 11) is 0. The zero-order valence-corrected chi connectivity index (χ0v) is 7.97. The van der Waals surface area contributed by atoms with Crippen molar-refractivity contribution < 1.29 is 0 Å². The molecule has 4 heteroatoms. The number of nitrogens with zero attached hydrogens (tertiary/aromatic N) is 2. The minimum absolute atomic E-state index is 0.00723. The van der Waals surface area contributed by atoms with Gasteiger partial charge < -0.3 is 0 Å². The average molecular weight is 193 g/mol. The van der Waals surface area contributed by atoms with Crippen molar-refractivity contribution in [1.29, 1.82) is 0 Å². The minimum Gasteiger partial charge on any atom is -0.188 e. The topological polar surface area (TPSA) is 24.7 Å². The lowest BCUT2D eigenvalue weighted by atomic mass is 9.70. The zero-order chi connectivity index (χ0) is 8.22. The molecule has 0 aromatic carbocycles. The van der Waals surface area contributed by atoms with Crippen molar-refractivity contribution in [2.24, 2.45) is 16.1 Å². The third-order valence-electron chi connectivity index (χ3n) is 2.61. The van der Waals surface area contributed by atoms with Crippen LogP contribution in [0.3, 0.4) is 0 Å². The second-order valence-corrected chi connectivity index (χ2v) is 4.78. The van der Waals surface area contributed by atoms with E-state index >= 15 is 0 Å². The van der Waals surface area contributed by atoms with E-state index in [0.29, 0.717) is 5.92 Å². The van der Waals surface area contributed by atoms with E-state index in [2.05, 4.69) is 24.1 Å². The third kappa shape index (κ3) is 0.858. The van der Waals surface area contributed by atoms with Crippen molar-refractivity contribution >= 4 is 23.2 Å². The third-order valence-corrected chi connectivity index (χ3v) is 3.81. The standard InChI is InChI=1S/C7H10Cl2N2/c1-7(2)3-4(8)5(9)6(3)10-11-7/h3-6H,1-2H3. The van der Waals surface area contributed by atoms with E-state index in [9.17, 15) is 0 Å². The molecule has 2 nitrogen and oxygen atoms in total. The van der Waals surface area contributed by atoms with E-state index in [1.165, 1.54) is 0 Å². The van der Waals surface area contributed by atoms with E-state index < -0.39 is 0 Å². The fourth-order valence-corrected chi connectivity index (χ4v) is 2.82. The highest BCUT2D eigenvalue weighted by atomic mass is 35.5. The fraction of sp³-hybridized carbons (Fsp3) is 1.00. The lowest BCUT2D eigenvalue weighted by Gasteiger charge is -2.43. The average Bonchev–Trinajstić information content (AvgIpc) is 2.21. The van der Waals surface area contributed by atoms with Gasteiger partial charge in [-0.25, -0.2) is 0 Å². The van der Waals surface area contributed by atoms with Gasteiger partial charge in [0.15, 0.2) is 0 Å². The molecule has 1 aliphatic carbocycles. The van der Waals surface area contributed by atoms with Crippen LogP contribution in [0.15, 0.2) is 10.2 Å². The Balaban J connectivity index is 2.22. The van der Waals surface area contributed by atoms with Gasteiger partial charge in [-0.3, -0.25) is 0 Å². The Hall–Kier alpha value is 0.180. The van der Waals surface area contributed by atoms with E-state index in [0.717, 1.165) is 0 Å². The van der Waals surface area contributed by atoms with Gasteiger partial charge in [0.1, 0.15) is 0 Å². The molecule has 0 aromatic heterocycles. The molecule has 0 aromatic rings. The van der Waals surface area contributed by atoms with Crippen LogP contribution in [0.5, 0.6) is 0 Å². The summed E-state index contributed by atoms with van der Waals surface area (Å²) in [6.45, 7) is 4.11. The van der Waals surface area contributed by atoms with Crippen molar-refractivity contribution in [3.63, 3.8) is 0 Å². The maximum Gasteiger partial charge on any atom is 0.0952 e. The first-order valence-corrected chi connectivity index (χ1v) is 4.61. The molecule has 2 aliphatic rings. The Kier molecular flexibility index (Phi) is 1.50. The molecule has 62 valence electrons. The molecule has 0 radical (unpaired) electrons. The monoisotopic (exact) mass is 192 g/mol. The van der Waals surface area contributed by atoms with Gasteiger partial charge in [0.05, 0.1) is 22.3 Å². The maximum absolute atomic E-state index is 6.03. The summed E-state index contributed by atoms with van der Waals surface area (Å²) in [5.74, 6) is 0.353. The van der Waals surface area contributed by atoms with Gasteiger partial charge in [0.25, 0.3) is 0 Å². The van der Waals surface area contributed by atoms with Crippen molar-refractivity contribution in [1.82, 2.24) is 0 Å². The van der Waals surface area contributed by atoms with E-state index in [1.807, 2.05) is 0 Å². The van der Waals surface area contributed by atoms with Crippen molar-refractivity contribution in [3.8, 4) is 0 Å². The van der Waals surface area contributed by atoms with Crippen molar-refractivity contribution in [3.05, 3.63) is 0 Å². The molecule has 1 fully saturated rings. The van der Waals surface area contributed by atoms with E-state index in [-0.39, 0.29) is 22.3 Å². The summed E-state index contributed by atoms with van der Waals surface area (Å²) in [4.78, 5) is 0. The number of alkyl halides is 2. The summed E-state index contributed by atoms with van der Waals surface area (Å²) >= 11 is 12.0. The first kappa shape index (κ1) is 7.81. The summed E-state index contributed by atoms with van der Waals surface area (Å²) in [6.07, 6.45) is 0. The lowest BCUT2D eigenvalue weighted by molar-refractivity contribution is 0.222. The molecule has 4 unspecified atom stereocenters. The molecule has 1 heterocycles. The summed E-state index contributed by atoms with van der Waals surface area (Å²) in [6, 6.07) is 0.175. The molecule has 0 spiro atoms. The molecule has 1 aliphatic heterocycles. The molecule has 1 saturated carbocycles. The smallest absolute Gasteiger partial charge is 0.0952 e. The minimum atomic E-state index is -0.0948. The predicted octanol–water partition coefficient (Wildman–Crippen LogP) is 2.44. The van der Waals surface area contributed by atoms with Crippen LogP contribution < -0.4 is 0 Å². The van der Waals surface area contributed by atoms with Crippen LogP contribution in [0.1, 0.15) is 13.8 Å². The van der Waals surface area contributed by atoms with Crippen LogP contribution in [-0.2, 0) is 0 Å². The van der Waals surface area contributed by atoms with Gasteiger partial charge in [-0.05, 0) is 13.8 Å². The summed E-state index contributed by atoms with van der Waals surface area (Å²) in [5.41, 5.74) is -0.0948. The molecule has 4 atom stereocenters. The maximum atomic E-state index is 6.03. The number of halogens is 2. The molecule has 0 saturated heterocycles. The highest BCUT2D eigenvalue weighted by Crippen LogP contribution is 2.50. The number of hydrogen-bond donors (Lipinski definition) is 0. The molecule has 0 N–H and O–H groups in total. The predicted molar refractivity (Wildman–Crippen MR) is 45.5 cm³/mol. The molecular weight excluding hydrogens is 183 g/mol. The Morgan fingerprint density at radius 2 is 1.82 bits per heavy atom. The van der Waals surface area contributed by atoms with Gasteiger partial charge in [0.2, 0.25) is 0 Å². The fourth-order valence-electron chi connectivity index (χ4n) is 1.85. The Morgan fingerprint density at radius 3 is 2.36 bits per heavy atom. The van der Waals surface area contributed by atoms with Gasteiger partial charge in [-0.1, -0.05) is 0 Å². The normalized spacial score (nSPS) is 52.0. The molecular formula is C7H10Cl2N2. The highest BCUT2D eigenvalue weighted by Gasteiger charge is 2.59. The van der Waals surface area contributed by atoms with Crippen LogP contribution in [0.25, 0.3) is 0 Å². The largest absolute Gasteiger partial charge is 0.188 e. The summed E-state index contributed by atoms with van der Waals surface area (Å²) < 4.78 is 0. The number of rotatable bonds is 0. The second-order valence-electron chi connectivity index (χ2n) is 3.77. The number of fused-ring (bicyclic) bond motifs is 1. The number of azo groups is 1. The quantitative estimate of drug-likeness (QED) is 0.528. The van der Waals surface area contributed by atoms with Crippen LogP contribution in [0.2, 0.25) is 0 Å². The van der Waals surface area contributed by atoms with Crippen molar-refractivity contribution in [2.75, 3.05) is 0 Å². The van der Waals surface area contributed by atoms with E-state index in [4.69, 9.17) is 23.2 Å². The van der Waals surface area contributed by atoms with Crippen LogP contribution in [0.4, 0.5) is 0 Å². The highest BCUT2D eigenvalue weighted by molar-refractivity contribution is 6.32. The second kappa shape index (κ2) is 2.11. The Bertz CT molecular complexity index is 214. The van der Waals surface area contributed by atoms with Gasteiger partial charge in [-0.15, -0.1) is 23.2 Å². The van der Waals surface area contributed by atoms with Gasteiger partial charge in [0, 0.05) is 5.92 Å². The Labute approximate surface area is 76.0 Å².